The minimum atomic E-state index is 0.258. The molecule has 1 aliphatic rings. The molecule has 5 nitrogen and oxygen atoms in total. The van der Waals surface area contributed by atoms with E-state index in [0.29, 0.717) is 13.2 Å². The smallest absolute Gasteiger partial charge is 0.226 e. The van der Waals surface area contributed by atoms with Gasteiger partial charge in [-0.05, 0) is 31.0 Å². The number of morpholine rings is 1. The van der Waals surface area contributed by atoms with Crippen molar-refractivity contribution >= 4 is 5.95 Å². The van der Waals surface area contributed by atoms with Crippen molar-refractivity contribution in [3.05, 3.63) is 35.5 Å². The molecule has 1 aliphatic heterocycles. The zero-order chi connectivity index (χ0) is 16.2. The minimum absolute atomic E-state index is 0.258. The first-order valence-corrected chi connectivity index (χ1v) is 8.18. The standard InChI is InChI=1S/C18H23N3O2/c1-3-5-16-13(2)19-18(21-8-10-23-11-9-21)20-17(16)14-6-4-7-15(22)12-14/h4,6-7,12,22H,3,5,8-11H2,1-2H3. The molecule has 0 unspecified atom stereocenters. The van der Waals surface area contributed by atoms with Gasteiger partial charge in [-0.2, -0.15) is 0 Å². The molecule has 3 rings (SSSR count). The second kappa shape index (κ2) is 6.96. The molecule has 2 heterocycles. The predicted octanol–water partition coefficient (Wildman–Crippen LogP) is 2.95. The summed E-state index contributed by atoms with van der Waals surface area (Å²) in [4.78, 5) is 11.7. The molecule has 0 bridgehead atoms. The van der Waals surface area contributed by atoms with Crippen LogP contribution in [0.15, 0.2) is 24.3 Å². The molecule has 0 atom stereocenters. The van der Waals surface area contributed by atoms with Crippen LogP contribution in [0.1, 0.15) is 24.6 Å². The summed E-state index contributed by atoms with van der Waals surface area (Å²) in [7, 11) is 0. The first-order valence-electron chi connectivity index (χ1n) is 8.18. The third-order valence-corrected chi connectivity index (χ3v) is 4.12. The van der Waals surface area contributed by atoms with E-state index in [4.69, 9.17) is 14.7 Å². The molecule has 0 saturated carbocycles. The van der Waals surface area contributed by atoms with E-state index in [-0.39, 0.29) is 5.75 Å². The van der Waals surface area contributed by atoms with Gasteiger partial charge in [0.2, 0.25) is 5.95 Å². The summed E-state index contributed by atoms with van der Waals surface area (Å²) in [6.45, 7) is 7.24. The predicted molar refractivity (Wildman–Crippen MR) is 90.9 cm³/mol. The van der Waals surface area contributed by atoms with Crippen LogP contribution >= 0.6 is 0 Å². The maximum atomic E-state index is 9.81. The third kappa shape index (κ3) is 3.45. The highest BCUT2D eigenvalue weighted by atomic mass is 16.5. The number of benzene rings is 1. The number of aryl methyl sites for hydroxylation is 1. The van der Waals surface area contributed by atoms with E-state index in [2.05, 4.69) is 11.8 Å². The van der Waals surface area contributed by atoms with Gasteiger partial charge in [-0.25, -0.2) is 9.97 Å². The molecule has 1 fully saturated rings. The van der Waals surface area contributed by atoms with Crippen molar-refractivity contribution in [2.75, 3.05) is 31.2 Å². The van der Waals surface area contributed by atoms with Gasteiger partial charge in [-0.15, -0.1) is 0 Å². The number of ether oxygens (including phenoxy) is 1. The van der Waals surface area contributed by atoms with Crippen molar-refractivity contribution in [2.24, 2.45) is 0 Å². The lowest BCUT2D eigenvalue weighted by atomic mass is 10.0. The van der Waals surface area contributed by atoms with Crippen molar-refractivity contribution in [3.8, 4) is 17.0 Å². The fourth-order valence-electron chi connectivity index (χ4n) is 2.93. The Kier molecular flexibility index (Phi) is 4.76. The fraction of sp³-hybridized carbons (Fsp3) is 0.444. The Morgan fingerprint density at radius 3 is 2.70 bits per heavy atom. The first-order chi connectivity index (χ1) is 11.2. The molecule has 5 heteroatoms. The highest BCUT2D eigenvalue weighted by Crippen LogP contribution is 2.29. The van der Waals surface area contributed by atoms with Crippen LogP contribution in [0.4, 0.5) is 5.95 Å². The fourth-order valence-corrected chi connectivity index (χ4v) is 2.93. The summed E-state index contributed by atoms with van der Waals surface area (Å²) in [5.74, 6) is 1.01. The van der Waals surface area contributed by atoms with E-state index in [0.717, 1.165) is 54.4 Å². The Morgan fingerprint density at radius 1 is 1.22 bits per heavy atom. The lowest BCUT2D eigenvalue weighted by Gasteiger charge is -2.28. The van der Waals surface area contributed by atoms with Gasteiger partial charge >= 0.3 is 0 Å². The topological polar surface area (TPSA) is 58.5 Å². The van der Waals surface area contributed by atoms with Crippen LogP contribution < -0.4 is 4.90 Å². The molecule has 0 spiro atoms. The SMILES string of the molecule is CCCc1c(C)nc(N2CCOCC2)nc1-c1cccc(O)c1. The second-order valence-electron chi connectivity index (χ2n) is 5.84. The average Bonchev–Trinajstić information content (AvgIpc) is 2.57. The van der Waals surface area contributed by atoms with Crippen LogP contribution in [0.2, 0.25) is 0 Å². The van der Waals surface area contributed by atoms with Crippen LogP contribution in [0, 0.1) is 6.92 Å². The molecule has 0 amide bonds. The molecule has 1 N–H and O–H groups in total. The summed E-state index contributed by atoms with van der Waals surface area (Å²) < 4.78 is 5.41. The van der Waals surface area contributed by atoms with Gasteiger partial charge in [0.15, 0.2) is 0 Å². The van der Waals surface area contributed by atoms with Crippen molar-refractivity contribution in [2.45, 2.75) is 26.7 Å². The van der Waals surface area contributed by atoms with Crippen molar-refractivity contribution in [1.82, 2.24) is 9.97 Å². The number of anilines is 1. The number of nitrogens with zero attached hydrogens (tertiary/aromatic N) is 3. The summed E-state index contributed by atoms with van der Waals surface area (Å²) in [5, 5.41) is 9.81. The molecule has 1 aromatic heterocycles. The number of phenols is 1. The third-order valence-electron chi connectivity index (χ3n) is 4.12. The number of rotatable bonds is 4. The van der Waals surface area contributed by atoms with E-state index in [1.165, 1.54) is 0 Å². The van der Waals surface area contributed by atoms with Gasteiger partial charge < -0.3 is 14.7 Å². The van der Waals surface area contributed by atoms with Gasteiger partial charge in [0.05, 0.1) is 18.9 Å². The van der Waals surface area contributed by atoms with Crippen LogP contribution in [0.25, 0.3) is 11.3 Å². The number of aromatic hydroxyl groups is 1. The summed E-state index contributed by atoms with van der Waals surface area (Å²) in [5.41, 5.74) is 4.04. The van der Waals surface area contributed by atoms with Crippen molar-refractivity contribution in [3.63, 3.8) is 0 Å². The van der Waals surface area contributed by atoms with E-state index >= 15 is 0 Å². The average molecular weight is 313 g/mol. The Labute approximate surface area is 137 Å². The maximum absolute atomic E-state index is 9.81. The molecule has 1 saturated heterocycles. The Morgan fingerprint density at radius 2 is 2.00 bits per heavy atom. The molecule has 0 aliphatic carbocycles. The van der Waals surface area contributed by atoms with E-state index < -0.39 is 0 Å². The molecule has 1 aromatic carbocycles. The summed E-state index contributed by atoms with van der Waals surface area (Å²) >= 11 is 0. The van der Waals surface area contributed by atoms with Crippen LogP contribution in [0.3, 0.4) is 0 Å². The molecular weight excluding hydrogens is 290 g/mol. The lowest BCUT2D eigenvalue weighted by Crippen LogP contribution is -2.37. The highest BCUT2D eigenvalue weighted by molar-refractivity contribution is 5.67. The quantitative estimate of drug-likeness (QED) is 0.940. The summed E-state index contributed by atoms with van der Waals surface area (Å²) in [6.07, 6.45) is 1.97. The Bertz CT molecular complexity index is 682. The van der Waals surface area contributed by atoms with Gasteiger partial charge in [0.1, 0.15) is 5.75 Å². The largest absolute Gasteiger partial charge is 0.508 e. The highest BCUT2D eigenvalue weighted by Gasteiger charge is 2.19. The summed E-state index contributed by atoms with van der Waals surface area (Å²) in [6, 6.07) is 7.29. The zero-order valence-electron chi connectivity index (χ0n) is 13.7. The monoisotopic (exact) mass is 313 g/mol. The van der Waals surface area contributed by atoms with Crippen LogP contribution in [-0.2, 0) is 11.2 Å². The number of phenolic OH excluding ortho intramolecular Hbond substituents is 1. The van der Waals surface area contributed by atoms with Gasteiger partial charge in [0.25, 0.3) is 0 Å². The molecule has 23 heavy (non-hydrogen) atoms. The molecular formula is C18H23N3O2. The van der Waals surface area contributed by atoms with E-state index in [9.17, 15) is 5.11 Å². The molecule has 0 radical (unpaired) electrons. The Balaban J connectivity index is 2.08. The van der Waals surface area contributed by atoms with Crippen LogP contribution in [0.5, 0.6) is 5.75 Å². The number of hydrogen-bond acceptors (Lipinski definition) is 5. The van der Waals surface area contributed by atoms with Gasteiger partial charge in [-0.3, -0.25) is 0 Å². The van der Waals surface area contributed by atoms with Crippen molar-refractivity contribution < 1.29 is 9.84 Å². The number of aromatic nitrogens is 2. The van der Waals surface area contributed by atoms with Crippen LogP contribution in [-0.4, -0.2) is 41.4 Å². The zero-order valence-corrected chi connectivity index (χ0v) is 13.7. The van der Waals surface area contributed by atoms with Gasteiger partial charge in [-0.1, -0.05) is 25.5 Å². The van der Waals surface area contributed by atoms with Gasteiger partial charge in [0, 0.05) is 24.3 Å². The minimum Gasteiger partial charge on any atom is -0.508 e. The second-order valence-corrected chi connectivity index (χ2v) is 5.84. The van der Waals surface area contributed by atoms with E-state index in [1.54, 1.807) is 12.1 Å². The normalized spacial score (nSPS) is 15.0. The Hall–Kier alpha value is -2.14. The van der Waals surface area contributed by atoms with E-state index in [1.807, 2.05) is 19.1 Å². The first kappa shape index (κ1) is 15.7. The maximum Gasteiger partial charge on any atom is 0.226 e. The van der Waals surface area contributed by atoms with Crippen molar-refractivity contribution in [1.29, 1.82) is 0 Å². The number of hydrogen-bond donors (Lipinski definition) is 1. The molecule has 122 valence electrons. The lowest BCUT2D eigenvalue weighted by molar-refractivity contribution is 0.122. The molecule has 2 aromatic rings.